The lowest BCUT2D eigenvalue weighted by molar-refractivity contribution is -0.139. The van der Waals surface area contributed by atoms with E-state index in [1.54, 1.807) is 21.0 Å². The molecule has 0 saturated heterocycles. The molecule has 0 spiro atoms. The molecule has 2 aromatic rings. The maximum Gasteiger partial charge on any atom is 0.315 e. The van der Waals surface area contributed by atoms with Crippen molar-refractivity contribution >= 4 is 40.1 Å². The third-order valence-corrected chi connectivity index (χ3v) is 5.11. The number of aromatic nitrogens is 2. The van der Waals surface area contributed by atoms with E-state index in [4.69, 9.17) is 9.47 Å². The molecule has 1 N–H and O–H groups in total. The van der Waals surface area contributed by atoms with Gasteiger partial charge in [-0.1, -0.05) is 23.5 Å². The van der Waals surface area contributed by atoms with Crippen LogP contribution < -0.4 is 10.1 Å². The molecule has 0 saturated carbocycles. The lowest BCUT2D eigenvalue weighted by Crippen LogP contribution is -2.24. The third kappa shape index (κ3) is 5.43. The van der Waals surface area contributed by atoms with E-state index < -0.39 is 5.25 Å². The normalized spacial score (nSPS) is 11.6. The van der Waals surface area contributed by atoms with Crippen LogP contribution in [0.4, 0.5) is 5.13 Å². The van der Waals surface area contributed by atoms with E-state index in [0.717, 1.165) is 5.56 Å². The molecule has 0 radical (unpaired) electrons. The number of hydrogen-bond donors (Lipinski definition) is 1. The number of esters is 1. The summed E-state index contributed by atoms with van der Waals surface area (Å²) in [5.74, 6) is 0.249. The van der Waals surface area contributed by atoms with Crippen LogP contribution in [0.3, 0.4) is 0 Å². The van der Waals surface area contributed by atoms with Crippen molar-refractivity contribution in [2.75, 3.05) is 24.8 Å². The molecule has 7 nitrogen and oxygen atoms in total. The zero-order chi connectivity index (χ0) is 18.2. The molecule has 25 heavy (non-hydrogen) atoms. The molecule has 0 aliphatic heterocycles. The van der Waals surface area contributed by atoms with Gasteiger partial charge in [0.1, 0.15) is 5.75 Å². The first-order valence-corrected chi connectivity index (χ1v) is 9.46. The third-order valence-electron chi connectivity index (χ3n) is 3.12. The van der Waals surface area contributed by atoms with Gasteiger partial charge < -0.3 is 9.47 Å². The van der Waals surface area contributed by atoms with Gasteiger partial charge in [0.25, 0.3) is 0 Å². The lowest BCUT2D eigenvalue weighted by Gasteiger charge is -2.09. The fourth-order valence-corrected chi connectivity index (χ4v) is 3.34. The number of thioether (sulfide) groups is 1. The Bertz CT molecular complexity index is 736. The molecular weight excluding hydrogens is 362 g/mol. The van der Waals surface area contributed by atoms with Crippen molar-refractivity contribution in [3.05, 3.63) is 24.3 Å². The van der Waals surface area contributed by atoms with Crippen molar-refractivity contribution in [2.24, 2.45) is 0 Å². The molecule has 1 heterocycles. The molecule has 2 rings (SSSR count). The number of para-hydroxylation sites is 1. The molecule has 0 aliphatic rings. The molecule has 0 fully saturated rings. The van der Waals surface area contributed by atoms with Gasteiger partial charge in [-0.25, -0.2) is 0 Å². The van der Waals surface area contributed by atoms with Crippen molar-refractivity contribution < 1.29 is 19.1 Å². The van der Waals surface area contributed by atoms with E-state index in [2.05, 4.69) is 15.5 Å². The lowest BCUT2D eigenvalue weighted by atomic mass is 10.2. The monoisotopic (exact) mass is 381 g/mol. The maximum atomic E-state index is 12.2. The number of methoxy groups -OCH3 is 1. The van der Waals surface area contributed by atoms with Crippen LogP contribution in [0.1, 0.15) is 13.8 Å². The van der Waals surface area contributed by atoms with Crippen molar-refractivity contribution in [2.45, 2.75) is 19.1 Å². The summed E-state index contributed by atoms with van der Waals surface area (Å²) in [5.41, 5.74) is 0.813. The van der Waals surface area contributed by atoms with E-state index in [-0.39, 0.29) is 17.6 Å². The molecule has 134 valence electrons. The summed E-state index contributed by atoms with van der Waals surface area (Å²) in [4.78, 5) is 23.5. The summed E-state index contributed by atoms with van der Waals surface area (Å²) in [6, 6.07) is 7.46. The first-order chi connectivity index (χ1) is 12.0. The van der Waals surface area contributed by atoms with E-state index in [0.29, 0.717) is 22.5 Å². The van der Waals surface area contributed by atoms with Crippen LogP contribution in [-0.4, -0.2) is 46.8 Å². The van der Waals surface area contributed by atoms with Crippen LogP contribution in [0.15, 0.2) is 24.3 Å². The number of anilines is 1. The van der Waals surface area contributed by atoms with Crippen LogP contribution in [0.25, 0.3) is 10.6 Å². The SMILES string of the molecule is CCOC(=O)CS[C@H](C)C(=O)Nc1nnc(-c2ccccc2OC)s1. The second-order valence-corrected chi connectivity index (χ2v) is 7.17. The number of nitrogens with one attached hydrogen (secondary N) is 1. The zero-order valence-corrected chi connectivity index (χ0v) is 15.8. The number of ether oxygens (including phenoxy) is 2. The summed E-state index contributed by atoms with van der Waals surface area (Å²) in [6.07, 6.45) is 0. The molecule has 9 heteroatoms. The quantitative estimate of drug-likeness (QED) is 0.703. The van der Waals surface area contributed by atoms with Crippen LogP contribution in [0.2, 0.25) is 0 Å². The number of nitrogens with zero attached hydrogens (tertiary/aromatic N) is 2. The standard InChI is InChI=1S/C16H19N3O4S2/c1-4-23-13(20)9-24-10(2)14(21)17-16-19-18-15(25-16)11-7-5-6-8-12(11)22-3/h5-8,10H,4,9H2,1-3H3,(H,17,19,21)/t10-/m1/s1. The molecule has 1 amide bonds. The predicted molar refractivity (Wildman–Crippen MR) is 99.1 cm³/mol. The number of hydrogen-bond acceptors (Lipinski definition) is 8. The molecule has 0 aliphatic carbocycles. The molecule has 1 aromatic carbocycles. The van der Waals surface area contributed by atoms with E-state index >= 15 is 0 Å². The van der Waals surface area contributed by atoms with Crippen LogP contribution in [-0.2, 0) is 14.3 Å². The Balaban J connectivity index is 1.96. The van der Waals surface area contributed by atoms with Gasteiger partial charge in [-0.3, -0.25) is 14.9 Å². The van der Waals surface area contributed by atoms with Crippen LogP contribution >= 0.6 is 23.1 Å². The van der Waals surface area contributed by atoms with Gasteiger partial charge in [-0.15, -0.1) is 22.0 Å². The Morgan fingerprint density at radius 3 is 2.80 bits per heavy atom. The van der Waals surface area contributed by atoms with Crippen LogP contribution in [0, 0.1) is 0 Å². The average molecular weight is 381 g/mol. The van der Waals surface area contributed by atoms with E-state index in [1.807, 2.05) is 24.3 Å². The topological polar surface area (TPSA) is 90.4 Å². The largest absolute Gasteiger partial charge is 0.496 e. The Morgan fingerprint density at radius 1 is 1.32 bits per heavy atom. The highest BCUT2D eigenvalue weighted by Gasteiger charge is 2.18. The van der Waals surface area contributed by atoms with E-state index in [1.165, 1.54) is 23.1 Å². The predicted octanol–water partition coefficient (Wildman–Crippen LogP) is 2.84. The molecule has 0 unspecified atom stereocenters. The second kappa shape index (κ2) is 9.38. The highest BCUT2D eigenvalue weighted by molar-refractivity contribution is 8.01. The van der Waals surface area contributed by atoms with Crippen molar-refractivity contribution in [1.29, 1.82) is 0 Å². The fraction of sp³-hybridized carbons (Fsp3) is 0.375. The highest BCUT2D eigenvalue weighted by atomic mass is 32.2. The van der Waals surface area contributed by atoms with Gasteiger partial charge in [-0.05, 0) is 26.0 Å². The Kier molecular flexibility index (Phi) is 7.20. The van der Waals surface area contributed by atoms with Crippen molar-refractivity contribution in [3.8, 4) is 16.3 Å². The van der Waals surface area contributed by atoms with Crippen molar-refractivity contribution in [3.63, 3.8) is 0 Å². The molecule has 1 aromatic heterocycles. The minimum absolute atomic E-state index is 0.130. The maximum absolute atomic E-state index is 12.2. The fourth-order valence-electron chi connectivity index (χ4n) is 1.88. The van der Waals surface area contributed by atoms with Crippen LogP contribution in [0.5, 0.6) is 5.75 Å². The molecular formula is C16H19N3O4S2. The van der Waals surface area contributed by atoms with Gasteiger partial charge in [0.2, 0.25) is 11.0 Å². The number of carbonyl (C=O) groups excluding carboxylic acids is 2. The number of amides is 1. The number of benzene rings is 1. The summed E-state index contributed by atoms with van der Waals surface area (Å²) in [6.45, 7) is 3.80. The van der Waals surface area contributed by atoms with Gasteiger partial charge in [0.15, 0.2) is 5.01 Å². The minimum atomic E-state index is -0.414. The average Bonchev–Trinajstić information content (AvgIpc) is 3.08. The zero-order valence-electron chi connectivity index (χ0n) is 14.1. The summed E-state index contributed by atoms with van der Waals surface area (Å²) < 4.78 is 10.1. The van der Waals surface area contributed by atoms with E-state index in [9.17, 15) is 9.59 Å². The summed E-state index contributed by atoms with van der Waals surface area (Å²) in [7, 11) is 1.59. The van der Waals surface area contributed by atoms with Gasteiger partial charge >= 0.3 is 5.97 Å². The molecule has 0 bridgehead atoms. The van der Waals surface area contributed by atoms with Gasteiger partial charge in [0.05, 0.1) is 30.3 Å². The first-order valence-electron chi connectivity index (χ1n) is 7.60. The van der Waals surface area contributed by atoms with Gasteiger partial charge in [0, 0.05) is 0 Å². The Labute approximate surface area is 154 Å². The smallest absolute Gasteiger partial charge is 0.315 e. The first kappa shape index (κ1) is 19.2. The Morgan fingerprint density at radius 2 is 2.08 bits per heavy atom. The minimum Gasteiger partial charge on any atom is -0.496 e. The number of rotatable bonds is 8. The second-order valence-electron chi connectivity index (χ2n) is 4.86. The summed E-state index contributed by atoms with van der Waals surface area (Å²) in [5, 5.41) is 11.4. The molecule has 1 atom stereocenters. The Hall–Kier alpha value is -2.13. The number of carbonyl (C=O) groups is 2. The summed E-state index contributed by atoms with van der Waals surface area (Å²) >= 11 is 2.47. The van der Waals surface area contributed by atoms with Gasteiger partial charge in [-0.2, -0.15) is 0 Å². The highest BCUT2D eigenvalue weighted by Crippen LogP contribution is 2.33. The van der Waals surface area contributed by atoms with Crippen molar-refractivity contribution in [1.82, 2.24) is 10.2 Å².